The minimum absolute atomic E-state index is 0.124. The molecule has 0 bridgehead atoms. The standard InChI is InChI=1S/C17H27FN2O5/c1-16(2,3)23-9-10-13(25-17(4,5)6)12(18)14(24-10)20-8-7-11(21)19-15(20)22/h7-8,10,12-14H,9H2,1-6H3,(H,19,21,22)/t10-,12+,13?,14-/m1/s1. The molecule has 1 fully saturated rings. The van der Waals surface area contributed by atoms with Gasteiger partial charge in [0, 0.05) is 12.3 Å². The first-order valence-electron chi connectivity index (χ1n) is 8.30. The minimum Gasteiger partial charge on any atom is -0.373 e. The second-order valence-corrected chi connectivity index (χ2v) is 8.15. The normalized spacial score (nSPS) is 27.6. The smallest absolute Gasteiger partial charge is 0.330 e. The summed E-state index contributed by atoms with van der Waals surface area (Å²) in [7, 11) is 0. The molecule has 1 unspecified atom stereocenters. The molecule has 0 saturated carbocycles. The lowest BCUT2D eigenvalue weighted by Crippen LogP contribution is -2.42. The van der Waals surface area contributed by atoms with E-state index in [4.69, 9.17) is 14.2 Å². The van der Waals surface area contributed by atoms with Gasteiger partial charge in [-0.2, -0.15) is 0 Å². The van der Waals surface area contributed by atoms with Crippen LogP contribution in [0.3, 0.4) is 0 Å². The maximum absolute atomic E-state index is 15.1. The van der Waals surface area contributed by atoms with E-state index < -0.39 is 47.1 Å². The highest BCUT2D eigenvalue weighted by molar-refractivity contribution is 4.95. The molecule has 8 heteroatoms. The van der Waals surface area contributed by atoms with Crippen LogP contribution in [0.15, 0.2) is 21.9 Å². The molecule has 1 saturated heterocycles. The van der Waals surface area contributed by atoms with Crippen LogP contribution < -0.4 is 11.2 Å². The van der Waals surface area contributed by atoms with E-state index in [1.165, 1.54) is 6.20 Å². The molecule has 1 aromatic heterocycles. The fourth-order valence-electron chi connectivity index (χ4n) is 2.56. The van der Waals surface area contributed by atoms with Crippen molar-refractivity contribution in [2.75, 3.05) is 6.61 Å². The molecule has 25 heavy (non-hydrogen) atoms. The summed E-state index contributed by atoms with van der Waals surface area (Å²) in [5.74, 6) is 0. The summed E-state index contributed by atoms with van der Waals surface area (Å²) < 4.78 is 33.4. The van der Waals surface area contributed by atoms with Gasteiger partial charge >= 0.3 is 5.69 Å². The Hall–Kier alpha value is -1.51. The third kappa shape index (κ3) is 5.23. The highest BCUT2D eigenvalue weighted by atomic mass is 19.1. The number of hydrogen-bond donors (Lipinski definition) is 1. The van der Waals surface area contributed by atoms with E-state index in [1.54, 1.807) is 0 Å². The van der Waals surface area contributed by atoms with Crippen molar-refractivity contribution in [3.63, 3.8) is 0 Å². The number of aromatic amines is 1. The lowest BCUT2D eigenvalue weighted by molar-refractivity contribution is -0.135. The van der Waals surface area contributed by atoms with Crippen molar-refractivity contribution < 1.29 is 18.6 Å². The number of nitrogens with one attached hydrogen (secondary N) is 1. The van der Waals surface area contributed by atoms with Crippen LogP contribution in [0.2, 0.25) is 0 Å². The predicted octanol–water partition coefficient (Wildman–Crippen LogP) is 1.77. The van der Waals surface area contributed by atoms with E-state index in [2.05, 4.69) is 4.98 Å². The van der Waals surface area contributed by atoms with Gasteiger partial charge < -0.3 is 14.2 Å². The number of aromatic nitrogens is 2. The first-order valence-corrected chi connectivity index (χ1v) is 8.30. The van der Waals surface area contributed by atoms with Crippen molar-refractivity contribution in [1.82, 2.24) is 9.55 Å². The van der Waals surface area contributed by atoms with Gasteiger partial charge in [-0.1, -0.05) is 0 Å². The van der Waals surface area contributed by atoms with Gasteiger partial charge in [-0.15, -0.1) is 0 Å². The van der Waals surface area contributed by atoms with Crippen LogP contribution in [-0.2, 0) is 14.2 Å². The first kappa shape index (κ1) is 19.8. The van der Waals surface area contributed by atoms with E-state index >= 15 is 4.39 Å². The second kappa shape index (κ2) is 7.01. The third-order valence-electron chi connectivity index (χ3n) is 3.56. The molecule has 4 atom stereocenters. The first-order chi connectivity index (χ1) is 11.4. The van der Waals surface area contributed by atoms with Crippen LogP contribution in [0, 0.1) is 0 Å². The number of ether oxygens (including phenoxy) is 3. The van der Waals surface area contributed by atoms with Gasteiger partial charge in [0.1, 0.15) is 12.2 Å². The van der Waals surface area contributed by atoms with Crippen LogP contribution >= 0.6 is 0 Å². The average Bonchev–Trinajstić information content (AvgIpc) is 2.72. The van der Waals surface area contributed by atoms with Crippen molar-refractivity contribution in [2.45, 2.75) is 77.4 Å². The Morgan fingerprint density at radius 3 is 2.36 bits per heavy atom. The molecule has 2 heterocycles. The molecule has 0 aliphatic carbocycles. The van der Waals surface area contributed by atoms with Crippen molar-refractivity contribution in [3.8, 4) is 0 Å². The van der Waals surface area contributed by atoms with Crippen LogP contribution in [-0.4, -0.2) is 45.7 Å². The topological polar surface area (TPSA) is 82.5 Å². The maximum atomic E-state index is 15.1. The van der Waals surface area contributed by atoms with E-state index in [0.717, 1.165) is 10.6 Å². The maximum Gasteiger partial charge on any atom is 0.330 e. The van der Waals surface area contributed by atoms with E-state index in [9.17, 15) is 9.59 Å². The highest BCUT2D eigenvalue weighted by Gasteiger charge is 2.49. The molecule has 1 aliphatic heterocycles. The Balaban J connectivity index is 2.28. The Kier molecular flexibility index (Phi) is 5.56. The van der Waals surface area contributed by atoms with E-state index in [0.29, 0.717) is 0 Å². The Labute approximate surface area is 146 Å². The summed E-state index contributed by atoms with van der Waals surface area (Å²) in [5.41, 5.74) is -2.30. The number of alkyl halides is 1. The Morgan fingerprint density at radius 2 is 1.84 bits per heavy atom. The summed E-state index contributed by atoms with van der Waals surface area (Å²) in [6.07, 6.45) is -3.13. The fourth-order valence-corrected chi connectivity index (χ4v) is 2.56. The van der Waals surface area contributed by atoms with Gasteiger partial charge in [-0.25, -0.2) is 9.18 Å². The van der Waals surface area contributed by atoms with Gasteiger partial charge in [-0.3, -0.25) is 14.3 Å². The monoisotopic (exact) mass is 358 g/mol. The van der Waals surface area contributed by atoms with Gasteiger partial charge in [0.2, 0.25) is 0 Å². The fraction of sp³-hybridized carbons (Fsp3) is 0.765. The van der Waals surface area contributed by atoms with Gasteiger partial charge in [0.25, 0.3) is 5.56 Å². The molecular weight excluding hydrogens is 331 g/mol. The molecule has 1 aromatic rings. The molecule has 0 spiro atoms. The van der Waals surface area contributed by atoms with E-state index in [-0.39, 0.29) is 6.61 Å². The summed E-state index contributed by atoms with van der Waals surface area (Å²) in [6, 6.07) is 1.15. The number of hydrogen-bond acceptors (Lipinski definition) is 5. The summed E-state index contributed by atoms with van der Waals surface area (Å²) >= 11 is 0. The van der Waals surface area contributed by atoms with E-state index in [1.807, 2.05) is 41.5 Å². The number of halogens is 1. The van der Waals surface area contributed by atoms with Gasteiger partial charge in [-0.05, 0) is 41.5 Å². The third-order valence-corrected chi connectivity index (χ3v) is 3.56. The molecule has 0 aromatic carbocycles. The number of nitrogens with zero attached hydrogens (tertiary/aromatic N) is 1. The van der Waals surface area contributed by atoms with Crippen LogP contribution in [0.5, 0.6) is 0 Å². The molecular formula is C17H27FN2O5. The van der Waals surface area contributed by atoms with Crippen molar-refractivity contribution in [1.29, 1.82) is 0 Å². The van der Waals surface area contributed by atoms with Crippen LogP contribution in [0.25, 0.3) is 0 Å². The molecule has 1 N–H and O–H groups in total. The summed E-state index contributed by atoms with van der Waals surface area (Å²) in [4.78, 5) is 25.3. The van der Waals surface area contributed by atoms with Gasteiger partial charge in [0.05, 0.1) is 17.8 Å². The lowest BCUT2D eigenvalue weighted by Gasteiger charge is -2.30. The quantitative estimate of drug-likeness (QED) is 0.887. The zero-order chi connectivity index (χ0) is 19.0. The Bertz CT molecular complexity index is 700. The molecule has 7 nitrogen and oxygen atoms in total. The van der Waals surface area contributed by atoms with Crippen LogP contribution in [0.4, 0.5) is 4.39 Å². The molecule has 0 radical (unpaired) electrons. The molecule has 1 aliphatic rings. The van der Waals surface area contributed by atoms with Gasteiger partial charge in [0.15, 0.2) is 12.4 Å². The second-order valence-electron chi connectivity index (χ2n) is 8.15. The average molecular weight is 358 g/mol. The van der Waals surface area contributed by atoms with Crippen LogP contribution in [0.1, 0.15) is 47.8 Å². The number of rotatable bonds is 4. The largest absolute Gasteiger partial charge is 0.373 e. The van der Waals surface area contributed by atoms with Crippen molar-refractivity contribution >= 4 is 0 Å². The minimum atomic E-state index is -1.59. The SMILES string of the molecule is CC(C)(C)OC[C@H]1O[C@@H](n2ccc(=O)[nH]c2=O)[C@@H](F)C1OC(C)(C)C. The van der Waals surface area contributed by atoms with Crippen molar-refractivity contribution in [3.05, 3.63) is 33.1 Å². The molecule has 2 rings (SSSR count). The summed E-state index contributed by atoms with van der Waals surface area (Å²) in [6.45, 7) is 11.2. The Morgan fingerprint density at radius 1 is 1.20 bits per heavy atom. The number of H-pyrrole nitrogens is 1. The molecule has 142 valence electrons. The van der Waals surface area contributed by atoms with Crippen molar-refractivity contribution in [2.24, 2.45) is 0 Å². The zero-order valence-corrected chi connectivity index (χ0v) is 15.5. The summed E-state index contributed by atoms with van der Waals surface area (Å²) in [5, 5.41) is 0. The zero-order valence-electron chi connectivity index (χ0n) is 15.5. The molecule has 0 amide bonds. The predicted molar refractivity (Wildman–Crippen MR) is 90.5 cm³/mol. The lowest BCUT2D eigenvalue weighted by atomic mass is 10.1. The highest BCUT2D eigenvalue weighted by Crippen LogP contribution is 2.35.